The molecule has 7 heteroatoms. The number of aromatic nitrogens is 2. The Hall–Kier alpha value is -3.06. The summed E-state index contributed by atoms with van der Waals surface area (Å²) in [6.07, 6.45) is 0. The zero-order chi connectivity index (χ0) is 22.0. The molecule has 0 unspecified atom stereocenters. The first-order valence-corrected chi connectivity index (χ1v) is 10.5. The Morgan fingerprint density at radius 3 is 2.26 bits per heavy atom. The highest BCUT2D eigenvalue weighted by Crippen LogP contribution is 2.23. The molecule has 2 heterocycles. The van der Waals surface area contributed by atoms with Crippen LogP contribution in [-0.2, 0) is 12.0 Å². The van der Waals surface area contributed by atoms with E-state index in [1.54, 1.807) is 12.1 Å². The number of halogens is 1. The van der Waals surface area contributed by atoms with Gasteiger partial charge in [-0.05, 0) is 47.4 Å². The number of carbonyl (C=O) groups excluding carboxylic acids is 1. The predicted molar refractivity (Wildman–Crippen MR) is 116 cm³/mol. The highest BCUT2D eigenvalue weighted by Gasteiger charge is 2.24. The molecule has 4 rings (SSSR count). The zero-order valence-electron chi connectivity index (χ0n) is 18.1. The van der Waals surface area contributed by atoms with Crippen LogP contribution in [0.4, 0.5) is 4.39 Å². The van der Waals surface area contributed by atoms with Crippen molar-refractivity contribution in [2.45, 2.75) is 32.7 Å². The van der Waals surface area contributed by atoms with Crippen molar-refractivity contribution in [1.82, 2.24) is 19.9 Å². The van der Waals surface area contributed by atoms with Crippen LogP contribution in [0.2, 0.25) is 0 Å². The van der Waals surface area contributed by atoms with Crippen LogP contribution in [0.15, 0.2) is 53.1 Å². The van der Waals surface area contributed by atoms with Gasteiger partial charge in [-0.25, -0.2) is 4.39 Å². The van der Waals surface area contributed by atoms with E-state index < -0.39 is 0 Å². The molecule has 1 amide bonds. The molecule has 3 aromatic rings. The van der Waals surface area contributed by atoms with Crippen LogP contribution >= 0.6 is 0 Å². The van der Waals surface area contributed by atoms with Crippen molar-refractivity contribution < 1.29 is 13.7 Å². The molecule has 1 aliphatic rings. The maximum absolute atomic E-state index is 13.1. The second-order valence-corrected chi connectivity index (χ2v) is 8.92. The van der Waals surface area contributed by atoms with Gasteiger partial charge in [-0.2, -0.15) is 4.98 Å². The average Bonchev–Trinajstić information content (AvgIpc) is 3.22. The first kappa shape index (κ1) is 21.2. The third-order valence-electron chi connectivity index (χ3n) is 5.58. The number of hydrogen-bond acceptors (Lipinski definition) is 5. The minimum atomic E-state index is -0.305. The molecule has 0 bridgehead atoms. The Morgan fingerprint density at radius 1 is 1.00 bits per heavy atom. The molecular weight excluding hydrogens is 395 g/mol. The van der Waals surface area contributed by atoms with E-state index >= 15 is 0 Å². The average molecular weight is 423 g/mol. The van der Waals surface area contributed by atoms with E-state index in [-0.39, 0.29) is 17.1 Å². The fraction of sp³-hybridized carbons (Fsp3) is 0.375. The first-order valence-electron chi connectivity index (χ1n) is 10.5. The third kappa shape index (κ3) is 4.99. The summed E-state index contributed by atoms with van der Waals surface area (Å²) in [6.45, 7) is 9.83. The molecule has 31 heavy (non-hydrogen) atoms. The lowest BCUT2D eigenvalue weighted by molar-refractivity contribution is 0.0624. The van der Waals surface area contributed by atoms with Gasteiger partial charge in [0.25, 0.3) is 11.8 Å². The lowest BCUT2D eigenvalue weighted by Gasteiger charge is -2.34. The number of piperazine rings is 1. The summed E-state index contributed by atoms with van der Waals surface area (Å²) < 4.78 is 18.4. The van der Waals surface area contributed by atoms with Gasteiger partial charge >= 0.3 is 0 Å². The van der Waals surface area contributed by atoms with Gasteiger partial charge < -0.3 is 9.42 Å². The molecule has 0 atom stereocenters. The van der Waals surface area contributed by atoms with E-state index in [0.717, 1.165) is 18.7 Å². The van der Waals surface area contributed by atoms with Gasteiger partial charge in [-0.15, -0.1) is 0 Å². The van der Waals surface area contributed by atoms with Crippen molar-refractivity contribution in [3.05, 3.63) is 71.3 Å². The van der Waals surface area contributed by atoms with Gasteiger partial charge in [0, 0.05) is 37.3 Å². The summed E-state index contributed by atoms with van der Waals surface area (Å²) >= 11 is 0. The number of nitrogens with zero attached hydrogens (tertiary/aromatic N) is 4. The molecule has 2 aromatic carbocycles. The van der Waals surface area contributed by atoms with E-state index in [9.17, 15) is 9.18 Å². The van der Waals surface area contributed by atoms with Gasteiger partial charge in [0.2, 0.25) is 0 Å². The molecule has 1 saturated heterocycles. The zero-order valence-corrected chi connectivity index (χ0v) is 18.1. The fourth-order valence-corrected chi connectivity index (χ4v) is 3.63. The van der Waals surface area contributed by atoms with E-state index in [1.807, 2.05) is 29.2 Å². The Kier molecular flexibility index (Phi) is 5.87. The second kappa shape index (κ2) is 8.59. The second-order valence-electron chi connectivity index (χ2n) is 8.92. The highest BCUT2D eigenvalue weighted by atomic mass is 19.1. The Balaban J connectivity index is 1.32. The normalized spacial score (nSPS) is 15.3. The van der Waals surface area contributed by atoms with Crippen LogP contribution in [0.25, 0.3) is 11.5 Å². The fourth-order valence-electron chi connectivity index (χ4n) is 3.63. The predicted octanol–water partition coefficient (Wildman–Crippen LogP) is 4.13. The Morgan fingerprint density at radius 2 is 1.65 bits per heavy atom. The van der Waals surface area contributed by atoms with Crippen LogP contribution in [0.3, 0.4) is 0 Å². The minimum absolute atomic E-state index is 0.0678. The topological polar surface area (TPSA) is 62.5 Å². The number of rotatable bonds is 4. The summed E-state index contributed by atoms with van der Waals surface area (Å²) in [5.74, 6) is 0.721. The van der Waals surface area contributed by atoms with E-state index in [0.29, 0.717) is 36.9 Å². The lowest BCUT2D eigenvalue weighted by Crippen LogP contribution is -2.48. The van der Waals surface area contributed by atoms with Crippen LogP contribution in [-0.4, -0.2) is 52.0 Å². The minimum Gasteiger partial charge on any atom is -0.336 e. The van der Waals surface area contributed by atoms with Crippen molar-refractivity contribution in [3.8, 4) is 11.5 Å². The van der Waals surface area contributed by atoms with Crippen LogP contribution in [0.5, 0.6) is 0 Å². The standard InChI is InChI=1S/C24H27FN4O2/c1-24(2,3)19-8-4-18(5-9-19)23(30)29-14-12-28(13-15-29)16-21-26-22(31-27-21)17-6-10-20(25)11-7-17/h4-11H,12-16H2,1-3H3. The smallest absolute Gasteiger partial charge is 0.257 e. The molecule has 0 aliphatic carbocycles. The van der Waals surface area contributed by atoms with Crippen molar-refractivity contribution in [2.75, 3.05) is 26.2 Å². The van der Waals surface area contributed by atoms with Gasteiger partial charge in [0.15, 0.2) is 5.82 Å². The Labute approximate surface area is 181 Å². The Bertz CT molecular complexity index is 1030. The summed E-state index contributed by atoms with van der Waals surface area (Å²) in [6, 6.07) is 13.9. The third-order valence-corrected chi connectivity index (χ3v) is 5.58. The van der Waals surface area contributed by atoms with Crippen molar-refractivity contribution in [1.29, 1.82) is 0 Å². The van der Waals surface area contributed by atoms with Crippen molar-refractivity contribution >= 4 is 5.91 Å². The highest BCUT2D eigenvalue weighted by molar-refractivity contribution is 5.94. The molecule has 1 aliphatic heterocycles. The maximum atomic E-state index is 13.1. The molecule has 0 saturated carbocycles. The molecule has 0 radical (unpaired) electrons. The molecular formula is C24H27FN4O2. The van der Waals surface area contributed by atoms with Crippen LogP contribution in [0, 0.1) is 5.82 Å². The molecule has 1 fully saturated rings. The van der Waals surface area contributed by atoms with Crippen LogP contribution in [0.1, 0.15) is 42.5 Å². The molecule has 6 nitrogen and oxygen atoms in total. The van der Waals surface area contributed by atoms with Gasteiger partial charge in [-0.3, -0.25) is 9.69 Å². The van der Waals surface area contributed by atoms with Gasteiger partial charge in [0.05, 0.1) is 6.54 Å². The number of carbonyl (C=O) groups is 1. The van der Waals surface area contributed by atoms with E-state index in [4.69, 9.17) is 4.52 Å². The molecule has 162 valence electrons. The summed E-state index contributed by atoms with van der Waals surface area (Å²) in [5, 5.41) is 4.04. The molecule has 0 N–H and O–H groups in total. The summed E-state index contributed by atoms with van der Waals surface area (Å²) in [4.78, 5) is 21.4. The van der Waals surface area contributed by atoms with Gasteiger partial charge in [0.1, 0.15) is 5.82 Å². The van der Waals surface area contributed by atoms with E-state index in [1.165, 1.54) is 17.7 Å². The van der Waals surface area contributed by atoms with Gasteiger partial charge in [-0.1, -0.05) is 38.1 Å². The number of amides is 1. The summed E-state index contributed by atoms with van der Waals surface area (Å²) in [7, 11) is 0. The largest absolute Gasteiger partial charge is 0.336 e. The molecule has 1 aromatic heterocycles. The molecule has 0 spiro atoms. The lowest BCUT2D eigenvalue weighted by atomic mass is 9.86. The maximum Gasteiger partial charge on any atom is 0.257 e. The monoisotopic (exact) mass is 422 g/mol. The quantitative estimate of drug-likeness (QED) is 0.633. The number of hydrogen-bond donors (Lipinski definition) is 0. The van der Waals surface area contributed by atoms with Crippen molar-refractivity contribution in [3.63, 3.8) is 0 Å². The van der Waals surface area contributed by atoms with Crippen LogP contribution < -0.4 is 0 Å². The van der Waals surface area contributed by atoms with Crippen molar-refractivity contribution in [2.24, 2.45) is 0 Å². The van der Waals surface area contributed by atoms with E-state index in [2.05, 4.69) is 35.8 Å². The SMILES string of the molecule is CC(C)(C)c1ccc(C(=O)N2CCN(Cc3noc(-c4ccc(F)cc4)n3)CC2)cc1. The summed E-state index contributed by atoms with van der Waals surface area (Å²) in [5.41, 5.74) is 2.70. The first-order chi connectivity index (χ1) is 14.8. The number of benzene rings is 2.